The minimum Gasteiger partial charge on any atom is -0.334 e. The third-order valence-electron chi connectivity index (χ3n) is 2.51. The summed E-state index contributed by atoms with van der Waals surface area (Å²) in [5.74, 6) is 0. The molecule has 3 nitrogen and oxygen atoms in total. The van der Waals surface area contributed by atoms with Crippen LogP contribution < -0.4 is 10.6 Å². The van der Waals surface area contributed by atoms with Gasteiger partial charge in [-0.1, -0.05) is 18.2 Å². The quantitative estimate of drug-likeness (QED) is 0.811. The van der Waals surface area contributed by atoms with Crippen LogP contribution in [0.1, 0.15) is 37.5 Å². The SMILES string of the molecule is Cc1ccc(CNC(=O)NC(C)(C)C)cc1C. The van der Waals surface area contributed by atoms with Crippen molar-refractivity contribution < 1.29 is 4.79 Å². The summed E-state index contributed by atoms with van der Waals surface area (Å²) in [4.78, 5) is 11.6. The number of hydrogen-bond acceptors (Lipinski definition) is 1. The van der Waals surface area contributed by atoms with Crippen molar-refractivity contribution in [1.82, 2.24) is 10.6 Å². The van der Waals surface area contributed by atoms with E-state index in [-0.39, 0.29) is 11.6 Å². The van der Waals surface area contributed by atoms with Crippen LogP contribution in [0.2, 0.25) is 0 Å². The minimum absolute atomic E-state index is 0.129. The Hall–Kier alpha value is -1.51. The number of amides is 2. The summed E-state index contributed by atoms with van der Waals surface area (Å²) in [6.07, 6.45) is 0. The third-order valence-corrected chi connectivity index (χ3v) is 2.51. The number of carbonyl (C=O) groups excluding carboxylic acids is 1. The monoisotopic (exact) mass is 234 g/mol. The lowest BCUT2D eigenvalue weighted by Crippen LogP contribution is -2.46. The molecule has 0 fully saturated rings. The highest BCUT2D eigenvalue weighted by molar-refractivity contribution is 5.74. The van der Waals surface area contributed by atoms with Gasteiger partial charge in [0.25, 0.3) is 0 Å². The molecule has 0 radical (unpaired) electrons. The lowest BCUT2D eigenvalue weighted by molar-refractivity contribution is 0.231. The van der Waals surface area contributed by atoms with Crippen molar-refractivity contribution in [3.05, 3.63) is 34.9 Å². The molecule has 1 rings (SSSR count). The standard InChI is InChI=1S/C14H22N2O/c1-10-6-7-12(8-11(10)2)9-15-13(17)16-14(3,4)5/h6-8H,9H2,1-5H3,(H2,15,16,17). The van der Waals surface area contributed by atoms with Crippen LogP contribution in [0.25, 0.3) is 0 Å². The molecule has 1 aromatic carbocycles. The van der Waals surface area contributed by atoms with E-state index in [4.69, 9.17) is 0 Å². The van der Waals surface area contributed by atoms with Gasteiger partial charge in [-0.3, -0.25) is 0 Å². The van der Waals surface area contributed by atoms with E-state index < -0.39 is 0 Å². The van der Waals surface area contributed by atoms with E-state index in [2.05, 4.69) is 36.6 Å². The van der Waals surface area contributed by atoms with Gasteiger partial charge in [0.2, 0.25) is 0 Å². The van der Waals surface area contributed by atoms with Crippen LogP contribution in [-0.2, 0) is 6.54 Å². The number of carbonyl (C=O) groups is 1. The smallest absolute Gasteiger partial charge is 0.315 e. The highest BCUT2D eigenvalue weighted by atomic mass is 16.2. The van der Waals surface area contributed by atoms with Gasteiger partial charge < -0.3 is 10.6 Å². The second-order valence-corrected chi connectivity index (χ2v) is 5.48. The molecule has 0 unspecified atom stereocenters. The van der Waals surface area contributed by atoms with Crippen molar-refractivity contribution in [2.75, 3.05) is 0 Å². The number of nitrogens with one attached hydrogen (secondary N) is 2. The maximum Gasteiger partial charge on any atom is 0.315 e. The topological polar surface area (TPSA) is 41.1 Å². The third kappa shape index (κ3) is 4.89. The van der Waals surface area contributed by atoms with Crippen LogP contribution in [0, 0.1) is 13.8 Å². The van der Waals surface area contributed by atoms with E-state index in [1.54, 1.807) is 0 Å². The average Bonchev–Trinajstić information content (AvgIpc) is 2.17. The number of rotatable bonds is 2. The summed E-state index contributed by atoms with van der Waals surface area (Å²) in [5, 5.41) is 5.72. The van der Waals surface area contributed by atoms with E-state index in [0.717, 1.165) is 5.56 Å². The second kappa shape index (κ2) is 5.21. The van der Waals surface area contributed by atoms with Gasteiger partial charge in [0.1, 0.15) is 0 Å². The molecule has 17 heavy (non-hydrogen) atoms. The first kappa shape index (κ1) is 13.6. The fraction of sp³-hybridized carbons (Fsp3) is 0.500. The van der Waals surface area contributed by atoms with Crippen LogP contribution in [0.5, 0.6) is 0 Å². The van der Waals surface area contributed by atoms with Crippen LogP contribution in [0.3, 0.4) is 0 Å². The highest BCUT2D eigenvalue weighted by Crippen LogP contribution is 2.09. The fourth-order valence-electron chi connectivity index (χ4n) is 1.48. The summed E-state index contributed by atoms with van der Waals surface area (Å²) in [5.41, 5.74) is 3.44. The summed E-state index contributed by atoms with van der Waals surface area (Å²) >= 11 is 0. The normalized spacial score (nSPS) is 11.1. The first-order chi connectivity index (χ1) is 7.78. The van der Waals surface area contributed by atoms with Crippen molar-refractivity contribution in [3.8, 4) is 0 Å². The maximum atomic E-state index is 11.6. The Bertz CT molecular complexity index is 405. The van der Waals surface area contributed by atoms with Gasteiger partial charge in [0.05, 0.1) is 0 Å². The van der Waals surface area contributed by atoms with E-state index in [1.807, 2.05) is 26.8 Å². The molecule has 2 N–H and O–H groups in total. The van der Waals surface area contributed by atoms with Gasteiger partial charge in [-0.15, -0.1) is 0 Å². The van der Waals surface area contributed by atoms with Crippen LogP contribution in [0.4, 0.5) is 4.79 Å². The molecule has 0 bridgehead atoms. The molecular weight excluding hydrogens is 212 g/mol. The molecule has 0 aromatic heterocycles. The number of urea groups is 1. The predicted molar refractivity (Wildman–Crippen MR) is 71.0 cm³/mol. The molecule has 0 aliphatic carbocycles. The number of benzene rings is 1. The van der Waals surface area contributed by atoms with Gasteiger partial charge >= 0.3 is 6.03 Å². The molecule has 0 saturated heterocycles. The van der Waals surface area contributed by atoms with Crippen LogP contribution >= 0.6 is 0 Å². The Kier molecular flexibility index (Phi) is 4.16. The zero-order valence-corrected chi connectivity index (χ0v) is 11.3. The fourth-order valence-corrected chi connectivity index (χ4v) is 1.48. The molecule has 3 heteroatoms. The molecule has 0 spiro atoms. The molecule has 2 amide bonds. The molecule has 0 heterocycles. The molecule has 0 aliphatic rings. The Balaban J connectivity index is 2.50. The van der Waals surface area contributed by atoms with E-state index in [0.29, 0.717) is 6.54 Å². The first-order valence-corrected chi connectivity index (χ1v) is 5.90. The number of hydrogen-bond donors (Lipinski definition) is 2. The predicted octanol–water partition coefficient (Wildman–Crippen LogP) is 2.90. The average molecular weight is 234 g/mol. The van der Waals surface area contributed by atoms with Crippen molar-refractivity contribution in [1.29, 1.82) is 0 Å². The maximum absolute atomic E-state index is 11.6. The van der Waals surface area contributed by atoms with Crippen molar-refractivity contribution in [3.63, 3.8) is 0 Å². The van der Waals surface area contributed by atoms with E-state index in [1.165, 1.54) is 11.1 Å². The summed E-state index contributed by atoms with van der Waals surface area (Å²) in [7, 11) is 0. The van der Waals surface area contributed by atoms with Gasteiger partial charge in [-0.25, -0.2) is 4.79 Å². The summed E-state index contributed by atoms with van der Waals surface area (Å²) in [6, 6.07) is 6.09. The highest BCUT2D eigenvalue weighted by Gasteiger charge is 2.12. The van der Waals surface area contributed by atoms with Gasteiger partial charge in [-0.05, 0) is 51.3 Å². The molecule has 1 aromatic rings. The first-order valence-electron chi connectivity index (χ1n) is 5.90. The van der Waals surface area contributed by atoms with Crippen molar-refractivity contribution in [2.45, 2.75) is 46.7 Å². The van der Waals surface area contributed by atoms with Gasteiger partial charge in [0, 0.05) is 12.1 Å². The lowest BCUT2D eigenvalue weighted by Gasteiger charge is -2.20. The molecule has 0 saturated carbocycles. The van der Waals surface area contributed by atoms with Crippen molar-refractivity contribution in [2.24, 2.45) is 0 Å². The molecule has 0 aliphatic heterocycles. The summed E-state index contributed by atoms with van der Waals surface area (Å²) in [6.45, 7) is 10.6. The Morgan fingerprint density at radius 2 is 1.82 bits per heavy atom. The van der Waals surface area contributed by atoms with Gasteiger partial charge in [-0.2, -0.15) is 0 Å². The molecular formula is C14H22N2O. The number of aryl methyl sites for hydroxylation is 2. The second-order valence-electron chi connectivity index (χ2n) is 5.48. The van der Waals surface area contributed by atoms with Crippen LogP contribution in [-0.4, -0.2) is 11.6 Å². The van der Waals surface area contributed by atoms with Crippen LogP contribution in [0.15, 0.2) is 18.2 Å². The molecule has 94 valence electrons. The lowest BCUT2D eigenvalue weighted by atomic mass is 10.1. The van der Waals surface area contributed by atoms with Gasteiger partial charge in [0.15, 0.2) is 0 Å². The molecule has 0 atom stereocenters. The van der Waals surface area contributed by atoms with E-state index in [9.17, 15) is 4.79 Å². The van der Waals surface area contributed by atoms with Crippen molar-refractivity contribution >= 4 is 6.03 Å². The largest absolute Gasteiger partial charge is 0.334 e. The summed E-state index contributed by atoms with van der Waals surface area (Å²) < 4.78 is 0. The Morgan fingerprint density at radius 3 is 2.35 bits per heavy atom. The zero-order chi connectivity index (χ0) is 13.1. The van der Waals surface area contributed by atoms with E-state index >= 15 is 0 Å². The Labute approximate surface area is 104 Å². The minimum atomic E-state index is -0.201. The Morgan fingerprint density at radius 1 is 1.18 bits per heavy atom. The zero-order valence-electron chi connectivity index (χ0n) is 11.3.